The van der Waals surface area contributed by atoms with Gasteiger partial charge in [-0.1, -0.05) is 0 Å². The van der Waals surface area contributed by atoms with Gasteiger partial charge in [-0.3, -0.25) is 0 Å². The van der Waals surface area contributed by atoms with Crippen LogP contribution in [0.4, 0.5) is 5.82 Å². The van der Waals surface area contributed by atoms with Crippen molar-refractivity contribution in [2.45, 2.75) is 5.03 Å². The van der Waals surface area contributed by atoms with Crippen molar-refractivity contribution in [2.75, 3.05) is 37.9 Å². The van der Waals surface area contributed by atoms with Crippen LogP contribution in [0.3, 0.4) is 0 Å². The van der Waals surface area contributed by atoms with Gasteiger partial charge in [0.2, 0.25) is 0 Å². The lowest BCUT2D eigenvalue weighted by molar-refractivity contribution is 0.0992. The van der Waals surface area contributed by atoms with E-state index < -0.39 is 0 Å². The van der Waals surface area contributed by atoms with Gasteiger partial charge in [-0.05, 0) is 6.26 Å². The minimum atomic E-state index is 0.0597. The van der Waals surface area contributed by atoms with Gasteiger partial charge in [-0.15, -0.1) is 11.8 Å². The Labute approximate surface area is 93.3 Å². The summed E-state index contributed by atoms with van der Waals surface area (Å²) in [4.78, 5) is 8.13. The average molecular weight is 229 g/mol. The number of aliphatic hydroxyl groups excluding tert-OH is 1. The van der Waals surface area contributed by atoms with Gasteiger partial charge in [-0.25, -0.2) is 9.97 Å². The fourth-order valence-electron chi connectivity index (χ4n) is 0.966. The molecule has 0 bridgehead atoms. The first-order valence-corrected chi connectivity index (χ1v) is 5.88. The van der Waals surface area contributed by atoms with Crippen LogP contribution in [0.15, 0.2) is 17.4 Å². The van der Waals surface area contributed by atoms with Crippen molar-refractivity contribution < 1.29 is 9.84 Å². The van der Waals surface area contributed by atoms with Gasteiger partial charge >= 0.3 is 0 Å². The molecule has 5 nitrogen and oxygen atoms in total. The zero-order valence-electron chi connectivity index (χ0n) is 8.64. The topological polar surface area (TPSA) is 67.3 Å². The van der Waals surface area contributed by atoms with Crippen molar-refractivity contribution in [2.24, 2.45) is 0 Å². The predicted molar refractivity (Wildman–Crippen MR) is 60.2 cm³/mol. The van der Waals surface area contributed by atoms with E-state index in [0.29, 0.717) is 19.8 Å². The van der Waals surface area contributed by atoms with Gasteiger partial charge in [0.05, 0.1) is 19.8 Å². The van der Waals surface area contributed by atoms with Crippen molar-refractivity contribution in [3.8, 4) is 0 Å². The molecule has 0 spiro atoms. The second-order valence-electron chi connectivity index (χ2n) is 2.71. The van der Waals surface area contributed by atoms with E-state index in [9.17, 15) is 0 Å². The van der Waals surface area contributed by atoms with Gasteiger partial charge in [0.1, 0.15) is 17.2 Å². The summed E-state index contributed by atoms with van der Waals surface area (Å²) in [6, 6.07) is 1.89. The first kappa shape index (κ1) is 12.2. The molecule has 1 aromatic heterocycles. The summed E-state index contributed by atoms with van der Waals surface area (Å²) in [7, 11) is 0. The molecule has 0 fully saturated rings. The highest BCUT2D eigenvalue weighted by molar-refractivity contribution is 7.98. The Hall–Kier alpha value is -0.850. The van der Waals surface area contributed by atoms with Crippen molar-refractivity contribution in [1.82, 2.24) is 9.97 Å². The maximum atomic E-state index is 8.48. The number of hydrogen-bond donors (Lipinski definition) is 2. The molecular formula is C9H15N3O2S. The summed E-state index contributed by atoms with van der Waals surface area (Å²) in [6.07, 6.45) is 3.50. The van der Waals surface area contributed by atoms with E-state index in [4.69, 9.17) is 9.84 Å². The molecule has 15 heavy (non-hydrogen) atoms. The monoisotopic (exact) mass is 229 g/mol. The van der Waals surface area contributed by atoms with E-state index in [-0.39, 0.29) is 6.61 Å². The van der Waals surface area contributed by atoms with Crippen LogP contribution in [0, 0.1) is 0 Å². The number of rotatable bonds is 7. The molecule has 0 aliphatic carbocycles. The van der Waals surface area contributed by atoms with Crippen molar-refractivity contribution in [1.29, 1.82) is 0 Å². The lowest BCUT2D eigenvalue weighted by Gasteiger charge is -2.06. The minimum absolute atomic E-state index is 0.0597. The molecule has 0 saturated heterocycles. The molecule has 84 valence electrons. The Kier molecular flexibility index (Phi) is 6.06. The van der Waals surface area contributed by atoms with Gasteiger partial charge in [0.25, 0.3) is 0 Å². The third-order valence-electron chi connectivity index (χ3n) is 1.64. The predicted octanol–water partition coefficient (Wildman–Crippen LogP) is 0.619. The third kappa shape index (κ3) is 4.96. The van der Waals surface area contributed by atoms with Crippen LogP contribution in [0.2, 0.25) is 0 Å². The number of thioether (sulfide) groups is 1. The molecule has 0 amide bonds. The molecular weight excluding hydrogens is 214 g/mol. The Morgan fingerprint density at radius 1 is 1.47 bits per heavy atom. The lowest BCUT2D eigenvalue weighted by Crippen LogP contribution is -2.12. The molecule has 0 unspecified atom stereocenters. The van der Waals surface area contributed by atoms with Crippen LogP contribution < -0.4 is 5.32 Å². The first-order valence-electron chi connectivity index (χ1n) is 4.65. The fraction of sp³-hybridized carbons (Fsp3) is 0.556. The Morgan fingerprint density at radius 2 is 2.33 bits per heavy atom. The standard InChI is InChI=1S/C9H15N3O2S/c1-15-9-6-8(11-7-12-9)10-2-4-14-5-3-13/h6-7,13H,2-5H2,1H3,(H,10,11,12). The molecule has 0 radical (unpaired) electrons. The highest BCUT2D eigenvalue weighted by Crippen LogP contribution is 2.13. The normalized spacial score (nSPS) is 10.3. The molecule has 0 saturated carbocycles. The van der Waals surface area contributed by atoms with Crippen LogP contribution in [0.5, 0.6) is 0 Å². The van der Waals surface area contributed by atoms with E-state index in [0.717, 1.165) is 10.8 Å². The zero-order valence-corrected chi connectivity index (χ0v) is 9.46. The fourth-order valence-corrected chi connectivity index (χ4v) is 1.35. The number of hydrogen-bond acceptors (Lipinski definition) is 6. The molecule has 1 heterocycles. The Bertz CT molecular complexity index is 286. The largest absolute Gasteiger partial charge is 0.394 e. The number of anilines is 1. The Balaban J connectivity index is 2.24. The molecule has 0 aliphatic heterocycles. The molecule has 0 aliphatic rings. The van der Waals surface area contributed by atoms with Crippen LogP contribution in [0.25, 0.3) is 0 Å². The lowest BCUT2D eigenvalue weighted by atomic mass is 10.5. The number of aliphatic hydroxyl groups is 1. The highest BCUT2D eigenvalue weighted by atomic mass is 32.2. The van der Waals surface area contributed by atoms with E-state index in [1.165, 1.54) is 6.33 Å². The van der Waals surface area contributed by atoms with Crippen LogP contribution >= 0.6 is 11.8 Å². The molecule has 0 atom stereocenters. The smallest absolute Gasteiger partial charge is 0.130 e. The van der Waals surface area contributed by atoms with Gasteiger partial charge in [0, 0.05) is 12.6 Å². The first-order chi connectivity index (χ1) is 7.36. The quantitative estimate of drug-likeness (QED) is 0.406. The van der Waals surface area contributed by atoms with E-state index in [1.54, 1.807) is 11.8 Å². The maximum Gasteiger partial charge on any atom is 0.130 e. The number of nitrogens with zero attached hydrogens (tertiary/aromatic N) is 2. The summed E-state index contributed by atoms with van der Waals surface area (Å²) in [5.74, 6) is 0.793. The number of ether oxygens (including phenoxy) is 1. The summed E-state index contributed by atoms with van der Waals surface area (Å²) in [5.41, 5.74) is 0. The van der Waals surface area contributed by atoms with E-state index in [1.807, 2.05) is 12.3 Å². The van der Waals surface area contributed by atoms with Crippen molar-refractivity contribution in [3.05, 3.63) is 12.4 Å². The van der Waals surface area contributed by atoms with Crippen molar-refractivity contribution in [3.63, 3.8) is 0 Å². The second-order valence-corrected chi connectivity index (χ2v) is 3.53. The molecule has 1 rings (SSSR count). The molecule has 1 aromatic rings. The SMILES string of the molecule is CSc1cc(NCCOCCO)ncn1. The highest BCUT2D eigenvalue weighted by Gasteiger charge is 1.96. The number of nitrogens with one attached hydrogen (secondary N) is 1. The van der Waals surface area contributed by atoms with Gasteiger partial charge < -0.3 is 15.2 Å². The van der Waals surface area contributed by atoms with E-state index >= 15 is 0 Å². The second kappa shape index (κ2) is 7.44. The van der Waals surface area contributed by atoms with Crippen molar-refractivity contribution >= 4 is 17.6 Å². The van der Waals surface area contributed by atoms with Gasteiger partial charge in [-0.2, -0.15) is 0 Å². The van der Waals surface area contributed by atoms with Gasteiger partial charge in [0.15, 0.2) is 0 Å². The van der Waals surface area contributed by atoms with E-state index in [2.05, 4.69) is 15.3 Å². The summed E-state index contributed by atoms with van der Waals surface area (Å²) in [6.45, 7) is 1.66. The zero-order chi connectivity index (χ0) is 10.9. The summed E-state index contributed by atoms with van der Waals surface area (Å²) in [5, 5.41) is 12.5. The third-order valence-corrected chi connectivity index (χ3v) is 2.28. The number of aromatic nitrogens is 2. The minimum Gasteiger partial charge on any atom is -0.394 e. The molecule has 0 aromatic carbocycles. The molecule has 2 N–H and O–H groups in total. The Morgan fingerprint density at radius 3 is 3.07 bits per heavy atom. The maximum absolute atomic E-state index is 8.48. The molecule has 6 heteroatoms. The van der Waals surface area contributed by atoms with Crippen LogP contribution in [-0.2, 0) is 4.74 Å². The summed E-state index contributed by atoms with van der Waals surface area (Å²) >= 11 is 1.57. The van der Waals surface area contributed by atoms with Crippen LogP contribution in [0.1, 0.15) is 0 Å². The van der Waals surface area contributed by atoms with Crippen LogP contribution in [-0.4, -0.2) is 47.7 Å². The average Bonchev–Trinajstić information content (AvgIpc) is 2.29. The summed E-state index contributed by atoms with van der Waals surface area (Å²) < 4.78 is 5.10.